The summed E-state index contributed by atoms with van der Waals surface area (Å²) in [7, 11) is 2.16. The fraction of sp³-hybridized carbons (Fsp3) is 0.345. The number of nitrogens with zero attached hydrogens (tertiary/aromatic N) is 6. The summed E-state index contributed by atoms with van der Waals surface area (Å²) in [5.74, 6) is 0.683. The highest BCUT2D eigenvalue weighted by Crippen LogP contribution is 2.32. The fourth-order valence-electron chi connectivity index (χ4n) is 5.03. The van der Waals surface area contributed by atoms with Crippen molar-refractivity contribution in [2.75, 3.05) is 43.4 Å². The van der Waals surface area contributed by atoms with Gasteiger partial charge >= 0.3 is 0 Å². The molecular formula is C29H33N9O. The molecule has 1 amide bonds. The van der Waals surface area contributed by atoms with Crippen LogP contribution >= 0.6 is 0 Å². The Morgan fingerprint density at radius 3 is 2.64 bits per heavy atom. The van der Waals surface area contributed by atoms with E-state index in [-0.39, 0.29) is 11.3 Å². The first-order valence-corrected chi connectivity index (χ1v) is 13.3. The molecule has 0 saturated carbocycles. The molecule has 0 spiro atoms. The number of H-pyrrole nitrogens is 2. The zero-order chi connectivity index (χ0) is 27.1. The number of hydrogen-bond acceptors (Lipinski definition) is 7. The second-order valence-corrected chi connectivity index (χ2v) is 11.5. The van der Waals surface area contributed by atoms with E-state index >= 15 is 0 Å². The van der Waals surface area contributed by atoms with Crippen molar-refractivity contribution < 1.29 is 4.79 Å². The minimum atomic E-state index is -0.0936. The standard InChI is InChI=1S/C29H33N9O/c1-29(2,3)14-24(39)32-20-12-18(15-30-17-20)19-13-21-25(35-36-27(21)31-16-19)28-33-22-6-5-7-23(26(22)34-28)38-10-8-37(4)9-11-38/h5-7,12-13,15-17H,8-11,14H2,1-4H3,(H,32,39)(H,33,34)(H,31,35,36). The first kappa shape index (κ1) is 25.0. The molecule has 4 aromatic heterocycles. The quantitative estimate of drug-likeness (QED) is 0.306. The molecule has 5 heterocycles. The molecule has 6 rings (SSSR count). The first-order chi connectivity index (χ1) is 18.7. The smallest absolute Gasteiger partial charge is 0.224 e. The van der Waals surface area contributed by atoms with Crippen LogP contribution < -0.4 is 10.2 Å². The van der Waals surface area contributed by atoms with Gasteiger partial charge in [-0.25, -0.2) is 9.97 Å². The van der Waals surface area contributed by atoms with Crippen LogP contribution in [0.4, 0.5) is 11.4 Å². The number of amides is 1. The average Bonchev–Trinajstić information content (AvgIpc) is 3.52. The lowest BCUT2D eigenvalue weighted by Crippen LogP contribution is -2.44. The summed E-state index contributed by atoms with van der Waals surface area (Å²) < 4.78 is 0. The van der Waals surface area contributed by atoms with Crippen molar-refractivity contribution in [1.29, 1.82) is 0 Å². The van der Waals surface area contributed by atoms with Gasteiger partial charge in [0.25, 0.3) is 0 Å². The maximum atomic E-state index is 12.5. The van der Waals surface area contributed by atoms with Crippen molar-refractivity contribution in [2.45, 2.75) is 27.2 Å². The fourth-order valence-corrected chi connectivity index (χ4v) is 5.03. The lowest BCUT2D eigenvalue weighted by Gasteiger charge is -2.34. The third kappa shape index (κ3) is 5.20. The molecule has 0 bridgehead atoms. The Kier molecular flexibility index (Phi) is 6.26. The minimum Gasteiger partial charge on any atom is -0.367 e. The van der Waals surface area contributed by atoms with Gasteiger partial charge in [-0.3, -0.25) is 14.9 Å². The minimum absolute atomic E-state index is 0.0343. The molecule has 1 aliphatic heterocycles. The predicted molar refractivity (Wildman–Crippen MR) is 155 cm³/mol. The van der Waals surface area contributed by atoms with Crippen molar-refractivity contribution >= 4 is 39.3 Å². The van der Waals surface area contributed by atoms with Crippen LogP contribution in [-0.4, -0.2) is 74.2 Å². The molecule has 0 aliphatic carbocycles. The SMILES string of the molecule is CN1CCN(c2cccc3[nH]c(-c4[nH]nc5ncc(-c6cncc(NC(=O)CC(C)(C)C)c6)cc45)nc23)CC1. The summed E-state index contributed by atoms with van der Waals surface area (Å²) >= 11 is 0. The van der Waals surface area contributed by atoms with E-state index in [1.165, 1.54) is 0 Å². The number of carbonyl (C=O) groups is 1. The lowest BCUT2D eigenvalue weighted by molar-refractivity contribution is -0.117. The van der Waals surface area contributed by atoms with Crippen molar-refractivity contribution in [1.82, 2.24) is 35.0 Å². The summed E-state index contributed by atoms with van der Waals surface area (Å²) in [6.45, 7) is 10.1. The molecule has 10 nitrogen and oxygen atoms in total. The van der Waals surface area contributed by atoms with Gasteiger partial charge in [0, 0.05) is 56.1 Å². The second-order valence-electron chi connectivity index (χ2n) is 11.5. The molecule has 5 aromatic rings. The molecular weight excluding hydrogens is 490 g/mol. The van der Waals surface area contributed by atoms with Gasteiger partial charge in [-0.1, -0.05) is 26.8 Å². The van der Waals surface area contributed by atoms with Crippen LogP contribution in [0.2, 0.25) is 0 Å². The highest BCUT2D eigenvalue weighted by atomic mass is 16.1. The number of nitrogens with one attached hydrogen (secondary N) is 3. The summed E-state index contributed by atoms with van der Waals surface area (Å²) in [5, 5.41) is 11.4. The van der Waals surface area contributed by atoms with E-state index in [2.05, 4.69) is 65.5 Å². The molecule has 1 saturated heterocycles. The highest BCUT2D eigenvalue weighted by Gasteiger charge is 2.20. The zero-order valence-corrected chi connectivity index (χ0v) is 22.7. The normalized spacial score (nSPS) is 14.8. The van der Waals surface area contributed by atoms with E-state index in [1.54, 1.807) is 18.6 Å². The van der Waals surface area contributed by atoms with Crippen LogP contribution in [0.5, 0.6) is 0 Å². The molecule has 0 atom stereocenters. The molecule has 3 N–H and O–H groups in total. The van der Waals surface area contributed by atoms with Gasteiger partial charge in [0.15, 0.2) is 11.5 Å². The topological polar surface area (TPSA) is 119 Å². The maximum absolute atomic E-state index is 12.5. The van der Waals surface area contributed by atoms with Crippen LogP contribution in [0.25, 0.3) is 44.7 Å². The number of para-hydroxylation sites is 1. The van der Waals surface area contributed by atoms with Gasteiger partial charge < -0.3 is 20.1 Å². The van der Waals surface area contributed by atoms with Gasteiger partial charge in [-0.2, -0.15) is 5.10 Å². The van der Waals surface area contributed by atoms with Crippen molar-refractivity contribution in [3.05, 3.63) is 48.9 Å². The van der Waals surface area contributed by atoms with E-state index in [0.29, 0.717) is 23.6 Å². The van der Waals surface area contributed by atoms with Gasteiger partial charge in [-0.05, 0) is 36.7 Å². The van der Waals surface area contributed by atoms with Crippen molar-refractivity contribution in [3.8, 4) is 22.6 Å². The number of fused-ring (bicyclic) bond motifs is 2. The number of pyridine rings is 2. The van der Waals surface area contributed by atoms with E-state index in [1.807, 2.05) is 32.9 Å². The third-order valence-electron chi connectivity index (χ3n) is 7.03. The Morgan fingerprint density at radius 2 is 1.85 bits per heavy atom. The largest absolute Gasteiger partial charge is 0.367 e. The molecule has 1 aromatic carbocycles. The second kappa shape index (κ2) is 9.77. The Morgan fingerprint density at radius 1 is 1.05 bits per heavy atom. The van der Waals surface area contributed by atoms with Gasteiger partial charge in [0.2, 0.25) is 5.91 Å². The lowest BCUT2D eigenvalue weighted by atomic mass is 9.92. The molecule has 39 heavy (non-hydrogen) atoms. The predicted octanol–water partition coefficient (Wildman–Crippen LogP) is 4.69. The Hall–Kier alpha value is -4.31. The molecule has 1 aliphatic rings. The van der Waals surface area contributed by atoms with Crippen LogP contribution in [-0.2, 0) is 4.79 Å². The molecule has 200 valence electrons. The van der Waals surface area contributed by atoms with Crippen LogP contribution in [0.15, 0.2) is 48.9 Å². The number of aromatic nitrogens is 6. The van der Waals surface area contributed by atoms with Crippen molar-refractivity contribution in [3.63, 3.8) is 0 Å². The van der Waals surface area contributed by atoms with E-state index in [0.717, 1.165) is 65.1 Å². The third-order valence-corrected chi connectivity index (χ3v) is 7.03. The molecule has 10 heteroatoms. The molecule has 0 radical (unpaired) electrons. The summed E-state index contributed by atoms with van der Waals surface area (Å²) in [5.41, 5.74) is 6.75. The van der Waals surface area contributed by atoms with Gasteiger partial charge in [0.05, 0.1) is 28.5 Å². The number of likely N-dealkylation sites (N-methyl/N-ethyl adjacent to an activating group) is 1. The number of piperazine rings is 1. The molecule has 0 unspecified atom stereocenters. The van der Waals surface area contributed by atoms with Crippen LogP contribution in [0, 0.1) is 5.41 Å². The summed E-state index contributed by atoms with van der Waals surface area (Å²) in [6, 6.07) is 10.2. The summed E-state index contributed by atoms with van der Waals surface area (Å²) in [4.78, 5) is 34.6. The average molecular weight is 524 g/mol. The number of anilines is 2. The number of benzene rings is 1. The molecule has 1 fully saturated rings. The monoisotopic (exact) mass is 523 g/mol. The van der Waals surface area contributed by atoms with E-state index in [4.69, 9.17) is 4.98 Å². The number of aromatic amines is 2. The number of hydrogen-bond donors (Lipinski definition) is 3. The number of rotatable bonds is 5. The van der Waals surface area contributed by atoms with Crippen LogP contribution in [0.3, 0.4) is 0 Å². The van der Waals surface area contributed by atoms with Gasteiger partial charge in [0.1, 0.15) is 11.2 Å². The Labute approximate surface area is 226 Å². The maximum Gasteiger partial charge on any atom is 0.224 e. The Balaban J connectivity index is 1.32. The summed E-state index contributed by atoms with van der Waals surface area (Å²) in [6.07, 6.45) is 5.63. The number of carbonyl (C=O) groups excluding carboxylic acids is 1. The number of imidazole rings is 1. The highest BCUT2D eigenvalue weighted by molar-refractivity contribution is 5.96. The van der Waals surface area contributed by atoms with Crippen LogP contribution in [0.1, 0.15) is 27.2 Å². The zero-order valence-electron chi connectivity index (χ0n) is 22.7. The van der Waals surface area contributed by atoms with E-state index in [9.17, 15) is 4.79 Å². The Bertz CT molecular complexity index is 1650. The van der Waals surface area contributed by atoms with Gasteiger partial charge in [-0.15, -0.1) is 0 Å². The van der Waals surface area contributed by atoms with E-state index < -0.39 is 0 Å². The van der Waals surface area contributed by atoms with Crippen molar-refractivity contribution in [2.24, 2.45) is 5.41 Å². The first-order valence-electron chi connectivity index (χ1n) is 13.3.